The van der Waals surface area contributed by atoms with Gasteiger partial charge < -0.3 is 81.2 Å². The fourth-order valence-electron chi connectivity index (χ4n) is 15.9. The number of allylic oxidation sites excluding steroid dienone is 2. The lowest BCUT2D eigenvalue weighted by molar-refractivity contribution is -0.157. The van der Waals surface area contributed by atoms with E-state index >= 15 is 9.59 Å². The number of nitrogens with one attached hydrogen (secondary N) is 8. The second-order valence-corrected chi connectivity index (χ2v) is 38.3. The van der Waals surface area contributed by atoms with Crippen LogP contribution in [0.1, 0.15) is 197 Å². The number of H-pyrrole nitrogens is 2. The summed E-state index contributed by atoms with van der Waals surface area (Å²) in [6, 6.07) is 8.53. The van der Waals surface area contributed by atoms with Gasteiger partial charge in [-0.3, -0.25) is 77.2 Å². The number of anilines is 3. The number of aromatic nitrogens is 5. The zero-order chi connectivity index (χ0) is 99.9. The van der Waals surface area contributed by atoms with E-state index in [9.17, 15) is 57.8 Å². The minimum Gasteiger partial charge on any atom is -0.390 e. The highest BCUT2D eigenvalue weighted by Gasteiger charge is 2.46. The van der Waals surface area contributed by atoms with Crippen LogP contribution in [0, 0.1) is 53.1 Å². The molecule has 0 bridgehead atoms. The first-order valence-corrected chi connectivity index (χ1v) is 47.0. The van der Waals surface area contributed by atoms with Gasteiger partial charge in [-0.1, -0.05) is 141 Å². The summed E-state index contributed by atoms with van der Waals surface area (Å²) in [7, 11) is 12.1. The number of aryl methyl sites for hydroxylation is 2. The molecule has 12 atom stereocenters. The molecule has 734 valence electrons. The molecule has 35 heteroatoms. The number of aromatic amines is 2. The molecular formula is C98H152N20O14S. The summed E-state index contributed by atoms with van der Waals surface area (Å²) in [6.45, 7) is 38.6. The van der Waals surface area contributed by atoms with E-state index in [0.29, 0.717) is 28.4 Å². The molecule has 2 saturated heterocycles. The number of hydrogen-bond donors (Lipinski definition) is 9. The number of aliphatic hydroxyl groups is 1. The number of piperazine rings is 1. The Kier molecular flexibility index (Phi) is 45.3. The standard InChI is InChI=1S/C62H111N11O12.C29H31N7O.C7H10N2OS/c1-25-27-28-40(15)52(75)51-56(79)65-43(26-2)58(81)67(18)33-48(74)68(19)44(29-34(3)4)55(78)66-49(38(11)12)61(84)69(20)45(30-35(5)6)54(77)63-41(16)53(76)64-42(17)57(80)70(21)46(31-36(7)8)59(82)71(22)47(32-37(9)10)60(83)72(23)50(39(13)14)62(85)73(51)24;1-21-5-10-25(18-27(21)34-29-31-13-11-26(33-29)24-4-3-12-30-19-24)32-28(37)23-8-6-22(7-9-23)20-36-16-14-35(2)15-17-36;1-2-3-5-4-6(10)9-7(11)8-5/h25,27,34-47,49-52,75H,26,28-33H2,1-24H3,(H,63,77)(H,64,76)(H,65,79)(H,66,78);3-13,18-19H,14-17,20H2,1-2H3,(H,32,37)(H,31,33,34);4H,2-3H2,1H3,(H2,8,9,10,11)/b27-25+;;/t40-,41+,42-,43+,44+,45+,46+,47+,49+,50+,51+,52-;;/m1../s1. The zero-order valence-electron chi connectivity index (χ0n) is 83.6. The number of hydrogen-bond acceptors (Lipinski definition) is 21. The van der Waals surface area contributed by atoms with Gasteiger partial charge in [0.25, 0.3) is 11.5 Å². The van der Waals surface area contributed by atoms with Crippen LogP contribution in [0.3, 0.4) is 0 Å². The third-order valence-electron chi connectivity index (χ3n) is 24.0. The van der Waals surface area contributed by atoms with Gasteiger partial charge in [0.2, 0.25) is 70.9 Å². The predicted molar refractivity (Wildman–Crippen MR) is 522 cm³/mol. The minimum atomic E-state index is -1.61. The first-order valence-electron chi connectivity index (χ1n) is 46.6. The number of likely N-dealkylation sites (N-methyl/N-ethyl adjacent to an activating group) is 8. The maximum atomic E-state index is 15.1. The van der Waals surface area contributed by atoms with E-state index in [2.05, 4.69) is 80.6 Å². The highest BCUT2D eigenvalue weighted by molar-refractivity contribution is 7.71. The molecule has 5 aromatic rings. The molecule has 12 amide bonds. The summed E-state index contributed by atoms with van der Waals surface area (Å²) in [6.07, 6.45) is 10.1. The summed E-state index contributed by atoms with van der Waals surface area (Å²) < 4.78 is 0.404. The Bertz CT molecular complexity index is 4810. The molecule has 7 rings (SSSR count). The SMILES string of the molecule is C/C=C/C[C@@H](C)[C@@H](O)[C@H]1C(=O)N[C@@H](CC)C(=O)N(C)CC(=O)N(C)[C@@H](CC(C)C)C(=O)N[C@@H](C(C)C)C(=O)N(C)[C@@H](CC(C)C)C(=O)N[C@@H](C)C(=O)N[C@H](C)C(=O)N(C)[C@@H](CC(C)C)C(=O)N(C)[C@@H](CC(C)C)C(=O)N(C)[C@@H](C(C)C)C(=O)N1C.CCCc1cc(=O)[nH]c(=S)[nH]1.Cc1ccc(NC(=O)c2ccc(CN3CCN(C)CC3)cc2)cc1Nc1nccc(-c2cccnc2)n1. The van der Waals surface area contributed by atoms with Crippen LogP contribution in [0.25, 0.3) is 11.3 Å². The van der Waals surface area contributed by atoms with Crippen molar-refractivity contribution in [3.63, 3.8) is 0 Å². The Hall–Kier alpha value is -11.2. The van der Waals surface area contributed by atoms with Crippen LogP contribution in [0.5, 0.6) is 0 Å². The van der Waals surface area contributed by atoms with E-state index in [1.807, 2.05) is 129 Å². The Morgan fingerprint density at radius 1 is 0.571 bits per heavy atom. The molecule has 2 aliphatic rings. The number of pyridine rings is 1. The predicted octanol–water partition coefficient (Wildman–Crippen LogP) is 9.24. The van der Waals surface area contributed by atoms with Crippen LogP contribution in [-0.4, -0.2) is 301 Å². The molecule has 5 heterocycles. The highest BCUT2D eigenvalue weighted by atomic mass is 32.1. The number of aliphatic hydroxyl groups excluding tert-OH is 1. The van der Waals surface area contributed by atoms with Crippen molar-refractivity contribution in [2.75, 3.05) is 99.7 Å². The average Bonchev–Trinajstić information content (AvgIpc) is 0.826. The summed E-state index contributed by atoms with van der Waals surface area (Å²) in [5, 5.41) is 29.4. The number of carbonyl (C=O) groups is 12. The van der Waals surface area contributed by atoms with Gasteiger partial charge in [0.1, 0.15) is 60.4 Å². The molecule has 0 unspecified atom stereocenters. The van der Waals surface area contributed by atoms with E-state index in [1.165, 1.54) is 93.2 Å². The quantitative estimate of drug-likeness (QED) is 0.0205. The third-order valence-corrected chi connectivity index (χ3v) is 24.2. The molecule has 34 nitrogen and oxygen atoms in total. The molecule has 133 heavy (non-hydrogen) atoms. The van der Waals surface area contributed by atoms with Gasteiger partial charge in [0.15, 0.2) is 4.77 Å². The van der Waals surface area contributed by atoms with Crippen molar-refractivity contribution in [1.82, 2.24) is 90.3 Å². The molecule has 2 fully saturated rings. The molecule has 2 aromatic carbocycles. The van der Waals surface area contributed by atoms with Crippen molar-refractivity contribution in [1.29, 1.82) is 0 Å². The zero-order valence-corrected chi connectivity index (χ0v) is 84.4. The van der Waals surface area contributed by atoms with Gasteiger partial charge in [-0.05, 0) is 187 Å². The third kappa shape index (κ3) is 33.8. The molecule has 0 spiro atoms. The molecule has 2 aliphatic heterocycles. The average molecular weight is 1870 g/mol. The largest absolute Gasteiger partial charge is 0.390 e. The van der Waals surface area contributed by atoms with Crippen LogP contribution in [0.4, 0.5) is 17.3 Å². The van der Waals surface area contributed by atoms with Gasteiger partial charge in [0.05, 0.1) is 18.3 Å². The van der Waals surface area contributed by atoms with Crippen LogP contribution < -0.4 is 37.5 Å². The van der Waals surface area contributed by atoms with Crippen molar-refractivity contribution in [2.45, 2.75) is 256 Å². The van der Waals surface area contributed by atoms with Crippen molar-refractivity contribution in [3.8, 4) is 11.3 Å². The van der Waals surface area contributed by atoms with Crippen LogP contribution in [-0.2, 0) is 65.7 Å². The number of carbonyl (C=O) groups excluding carboxylic acids is 12. The first kappa shape index (κ1) is 112. The molecule has 9 N–H and O–H groups in total. The Labute approximate surface area is 792 Å². The number of benzene rings is 2. The van der Waals surface area contributed by atoms with Gasteiger partial charge in [-0.2, -0.15) is 0 Å². The number of rotatable bonds is 24. The summed E-state index contributed by atoms with van der Waals surface area (Å²) in [5.74, 6) is -9.37. The monoisotopic (exact) mass is 1870 g/mol. The lowest BCUT2D eigenvalue weighted by atomic mass is 9.91. The Morgan fingerprint density at radius 2 is 1.12 bits per heavy atom. The summed E-state index contributed by atoms with van der Waals surface area (Å²) >= 11 is 4.79. The molecule has 0 saturated carbocycles. The topological polar surface area (TPSA) is 414 Å². The fraction of sp³-hybridized carbons (Fsp3) is 0.602. The van der Waals surface area contributed by atoms with Crippen LogP contribution in [0.2, 0.25) is 0 Å². The number of amides is 12. The van der Waals surface area contributed by atoms with E-state index in [4.69, 9.17) is 12.2 Å². The smallest absolute Gasteiger partial charge is 0.255 e. The van der Waals surface area contributed by atoms with Crippen molar-refractivity contribution >= 4 is 100 Å². The summed E-state index contributed by atoms with van der Waals surface area (Å²) in [5.41, 5.74) is 6.86. The van der Waals surface area contributed by atoms with E-state index in [1.54, 1.807) is 79.2 Å². The maximum Gasteiger partial charge on any atom is 0.255 e. The number of nitrogens with zero attached hydrogens (tertiary/aromatic N) is 12. The van der Waals surface area contributed by atoms with Crippen LogP contribution >= 0.6 is 12.2 Å². The first-order chi connectivity index (χ1) is 62.5. The van der Waals surface area contributed by atoms with E-state index in [-0.39, 0.29) is 67.2 Å². The molecular weight excluding hydrogens is 1710 g/mol. The minimum absolute atomic E-state index is 0.0229. The van der Waals surface area contributed by atoms with Gasteiger partial charge >= 0.3 is 0 Å². The van der Waals surface area contributed by atoms with E-state index < -0.39 is 156 Å². The van der Waals surface area contributed by atoms with E-state index in [0.717, 1.165) is 83.6 Å². The molecule has 0 aliphatic carbocycles. The Morgan fingerprint density at radius 3 is 1.66 bits per heavy atom. The normalized spacial score (nSPS) is 22.0. The lowest BCUT2D eigenvalue weighted by Crippen LogP contribution is -2.63. The second-order valence-electron chi connectivity index (χ2n) is 37.8. The molecule has 3 aromatic heterocycles. The van der Waals surface area contributed by atoms with Gasteiger partial charge in [-0.15, -0.1) is 0 Å². The van der Waals surface area contributed by atoms with Gasteiger partial charge in [0, 0.05) is 135 Å². The van der Waals surface area contributed by atoms with Crippen molar-refractivity contribution in [2.24, 2.45) is 41.4 Å². The summed E-state index contributed by atoms with van der Waals surface area (Å²) in [4.78, 5) is 216. The Balaban J connectivity index is 0.000000522. The van der Waals surface area contributed by atoms with Crippen molar-refractivity contribution < 1.29 is 62.6 Å². The van der Waals surface area contributed by atoms with Gasteiger partial charge in [-0.25, -0.2) is 9.97 Å². The highest BCUT2D eigenvalue weighted by Crippen LogP contribution is 2.29. The fourth-order valence-corrected chi connectivity index (χ4v) is 16.1. The lowest BCUT2D eigenvalue weighted by Gasteiger charge is -2.41. The second kappa shape index (κ2) is 53.7. The maximum absolute atomic E-state index is 15.1. The van der Waals surface area contributed by atoms with Crippen LogP contribution in [0.15, 0.2) is 102 Å². The van der Waals surface area contributed by atoms with Crippen molar-refractivity contribution in [3.05, 3.63) is 135 Å². The molecule has 0 radical (unpaired) electrons.